The van der Waals surface area contributed by atoms with Crippen LogP contribution in [0.1, 0.15) is 0 Å². The van der Waals surface area contributed by atoms with Gasteiger partial charge >= 0.3 is 0 Å². The van der Waals surface area contributed by atoms with E-state index in [1.54, 1.807) is 46.2 Å². The van der Waals surface area contributed by atoms with Crippen LogP contribution < -0.4 is 0 Å². The molecule has 0 fully saturated rings. The van der Waals surface area contributed by atoms with Crippen molar-refractivity contribution in [3.8, 4) is 34.6 Å². The summed E-state index contributed by atoms with van der Waals surface area (Å²) in [6.07, 6.45) is 10.9. The predicted octanol–water partition coefficient (Wildman–Crippen LogP) is 15.1. The lowest BCUT2D eigenvalue weighted by molar-refractivity contribution is 0.0720. The lowest BCUT2D eigenvalue weighted by Crippen LogP contribution is -2.22. The monoisotopic (exact) mass is 1340 g/mol. The second-order valence-corrected chi connectivity index (χ2v) is 41.9. The molecule has 0 radical (unpaired) electrons. The van der Waals surface area contributed by atoms with Crippen LogP contribution in [0.25, 0.3) is 34.6 Å². The number of aromatic amines is 1. The standard InChI is InChI=1S/2C14H20BrClN4OSSi.C8H6BrClN4S.C6H15ClOSi/c1-22-14-18-13(12-11(16)7-10(15)8-17-12)20(19-14)9-21-5-6-23(2,3)4;1-22-14-18-13(12-11(16)7-10(15)8-17-12)19-20(14)9-21-5-6-23(2,3)4;1-15-8-12-7(13-14-8)6-5(10)2-4(9)3-11-6;1-9(2,3)5-4-8-6-7/h2*7-8H,5-6,9H2,1-4H3;2-3H,1H3,(H,12,13,14);4-6H2,1-3H3. The smallest absolute Gasteiger partial charge is 0.208 e. The summed E-state index contributed by atoms with van der Waals surface area (Å²) >= 11 is 38.3. The number of ether oxygens (including phenoxy) is 3. The maximum atomic E-state index is 6.29. The molecule has 1 N–H and O–H groups in total. The molecule has 70 heavy (non-hydrogen) atoms. The molecule has 6 rings (SSSR count). The number of hydrogen-bond donors (Lipinski definition) is 1. The first kappa shape index (κ1) is 63.3. The first-order chi connectivity index (χ1) is 32.9. The zero-order chi connectivity index (χ0) is 52.2. The van der Waals surface area contributed by atoms with Gasteiger partial charge in [-0.15, -0.1) is 15.3 Å². The molecule has 6 heterocycles. The number of hydrogen-bond acceptors (Lipinski definition) is 15. The van der Waals surface area contributed by atoms with Crippen LogP contribution in [0.15, 0.2) is 65.7 Å². The van der Waals surface area contributed by atoms with Gasteiger partial charge in [-0.05, 0) is 103 Å². The summed E-state index contributed by atoms with van der Waals surface area (Å²) in [4.78, 5) is 26.1. The van der Waals surface area contributed by atoms with Gasteiger partial charge < -0.3 is 14.2 Å². The molecule has 0 unspecified atom stereocenters. The molecule has 0 aliphatic rings. The Morgan fingerprint density at radius 3 is 1.46 bits per heavy atom. The number of rotatable bonds is 20. The maximum absolute atomic E-state index is 6.29. The van der Waals surface area contributed by atoms with Crippen LogP contribution in [-0.2, 0) is 27.7 Å². The van der Waals surface area contributed by atoms with Gasteiger partial charge in [-0.25, -0.2) is 9.36 Å². The molecular formula is C42H61Br3Cl4N12O3S3Si3. The number of H-pyrrole nitrogens is 1. The fraction of sp³-hybridized carbons (Fsp3) is 0.500. The molecule has 0 bridgehead atoms. The van der Waals surface area contributed by atoms with E-state index in [1.807, 2.05) is 18.8 Å². The SMILES string of the molecule is CSc1n[nH]c(-c2ncc(Br)cc2Cl)n1.CSc1nc(-c2ncc(Br)cc2Cl)n(COCC[Si](C)(C)C)n1.CSc1nc(-c2ncc(Br)cc2Cl)nn1COCC[Si](C)(C)C.C[Si](C)(C)CCOCCl. The largest absolute Gasteiger partial charge is 0.366 e. The summed E-state index contributed by atoms with van der Waals surface area (Å²) < 4.78 is 22.5. The zero-order valence-electron chi connectivity index (χ0n) is 41.3. The highest BCUT2D eigenvalue weighted by Gasteiger charge is 2.19. The number of nitrogens with zero attached hydrogens (tertiary/aromatic N) is 11. The van der Waals surface area contributed by atoms with Crippen molar-refractivity contribution in [2.24, 2.45) is 0 Å². The van der Waals surface area contributed by atoms with Crippen molar-refractivity contribution in [3.63, 3.8) is 0 Å². The molecule has 0 atom stereocenters. The minimum absolute atomic E-state index is 0.338. The van der Waals surface area contributed by atoms with E-state index in [1.165, 1.54) is 41.3 Å². The Kier molecular flexibility index (Phi) is 28.2. The summed E-state index contributed by atoms with van der Waals surface area (Å²) in [6.45, 7) is 24.0. The highest BCUT2D eigenvalue weighted by Crippen LogP contribution is 2.30. The number of pyridine rings is 3. The van der Waals surface area contributed by atoms with Crippen LogP contribution in [0.2, 0.25) is 92.1 Å². The average molecular weight is 1340 g/mol. The van der Waals surface area contributed by atoms with Crippen LogP contribution in [0.4, 0.5) is 0 Å². The Labute approximate surface area is 473 Å². The van der Waals surface area contributed by atoms with Crippen molar-refractivity contribution in [3.05, 3.63) is 65.3 Å². The molecule has 0 saturated heterocycles. The van der Waals surface area contributed by atoms with E-state index in [-0.39, 0.29) is 0 Å². The number of nitrogens with one attached hydrogen (secondary N) is 1. The van der Waals surface area contributed by atoms with Crippen molar-refractivity contribution in [1.82, 2.24) is 59.7 Å². The molecule has 28 heteroatoms. The van der Waals surface area contributed by atoms with Crippen molar-refractivity contribution < 1.29 is 14.2 Å². The van der Waals surface area contributed by atoms with Gasteiger partial charge in [0, 0.05) is 76.1 Å². The molecule has 0 aliphatic heterocycles. The normalized spacial score (nSPS) is 11.6. The molecule has 0 spiro atoms. The van der Waals surface area contributed by atoms with Gasteiger partial charge in [0.05, 0.1) is 15.1 Å². The Balaban J connectivity index is 0.000000260. The van der Waals surface area contributed by atoms with Crippen molar-refractivity contribution in [2.45, 2.75) is 106 Å². The summed E-state index contributed by atoms with van der Waals surface area (Å²) in [5, 5.41) is 19.4. The molecule has 15 nitrogen and oxygen atoms in total. The molecule has 0 saturated carbocycles. The number of thioether (sulfide) groups is 3. The highest BCUT2D eigenvalue weighted by molar-refractivity contribution is 9.11. The summed E-state index contributed by atoms with van der Waals surface area (Å²) in [5.74, 6) is 1.72. The Bertz CT molecular complexity index is 2540. The second-order valence-electron chi connectivity index (χ2n) is 18.5. The van der Waals surface area contributed by atoms with E-state index in [0.717, 1.165) is 50.5 Å². The van der Waals surface area contributed by atoms with Gasteiger partial charge in [-0.1, -0.05) is 141 Å². The van der Waals surface area contributed by atoms with Gasteiger partial charge in [-0.2, -0.15) is 15.0 Å². The lowest BCUT2D eigenvalue weighted by Gasteiger charge is -2.15. The van der Waals surface area contributed by atoms with Crippen molar-refractivity contribution in [1.29, 1.82) is 0 Å². The third-order valence-corrected chi connectivity index (χ3v) is 18.1. The second kappa shape index (κ2) is 31.2. The van der Waals surface area contributed by atoms with Gasteiger partial charge in [-0.3, -0.25) is 20.1 Å². The highest BCUT2D eigenvalue weighted by atomic mass is 79.9. The van der Waals surface area contributed by atoms with E-state index in [9.17, 15) is 0 Å². The Morgan fingerprint density at radius 2 is 1.03 bits per heavy atom. The fourth-order valence-corrected chi connectivity index (χ4v) is 10.7. The molecule has 6 aromatic heterocycles. The fourth-order valence-electron chi connectivity index (χ4n) is 5.02. The van der Waals surface area contributed by atoms with Crippen molar-refractivity contribution in [2.75, 3.05) is 44.7 Å². The quantitative estimate of drug-likeness (QED) is 0.0331. The first-order valence-corrected chi connectivity index (χ1v) is 40.4. The third-order valence-electron chi connectivity index (χ3n) is 8.87. The number of aromatic nitrogens is 12. The van der Waals surface area contributed by atoms with Crippen LogP contribution in [0.5, 0.6) is 0 Å². The molecule has 0 amide bonds. The lowest BCUT2D eigenvalue weighted by atomic mass is 10.3. The Morgan fingerprint density at radius 1 is 0.571 bits per heavy atom. The molecule has 6 aromatic rings. The minimum atomic E-state index is -1.10. The van der Waals surface area contributed by atoms with E-state index < -0.39 is 24.2 Å². The van der Waals surface area contributed by atoms with E-state index in [2.05, 4.69) is 157 Å². The van der Waals surface area contributed by atoms with Crippen LogP contribution in [-0.4, -0.2) is 129 Å². The van der Waals surface area contributed by atoms with E-state index in [4.69, 9.17) is 60.6 Å². The number of alkyl halides is 1. The first-order valence-electron chi connectivity index (χ1n) is 21.5. The van der Waals surface area contributed by atoms with Gasteiger partial charge in [0.15, 0.2) is 16.8 Å². The number of halogens is 7. The average Bonchev–Trinajstić information content (AvgIpc) is 4.03. The molecule has 386 valence electrons. The van der Waals surface area contributed by atoms with Gasteiger partial charge in [0.1, 0.15) is 36.6 Å². The minimum Gasteiger partial charge on any atom is -0.366 e. The summed E-state index contributed by atoms with van der Waals surface area (Å²) in [6, 6.07) is 9.14. The predicted molar refractivity (Wildman–Crippen MR) is 313 cm³/mol. The van der Waals surface area contributed by atoms with Gasteiger partial charge in [0.2, 0.25) is 16.1 Å². The molecule has 0 aliphatic carbocycles. The van der Waals surface area contributed by atoms with Crippen LogP contribution in [0, 0.1) is 0 Å². The van der Waals surface area contributed by atoms with Crippen LogP contribution >= 0.6 is 129 Å². The topological polar surface area (TPSA) is 169 Å². The van der Waals surface area contributed by atoms with E-state index >= 15 is 0 Å². The van der Waals surface area contributed by atoms with Crippen LogP contribution in [0.3, 0.4) is 0 Å². The summed E-state index contributed by atoms with van der Waals surface area (Å²) in [7, 11) is -3.07. The van der Waals surface area contributed by atoms with Gasteiger partial charge in [0.25, 0.3) is 0 Å². The Hall–Kier alpha value is -0.949. The molecule has 0 aromatic carbocycles. The summed E-state index contributed by atoms with van der Waals surface area (Å²) in [5.41, 5.74) is 1.79. The third kappa shape index (κ3) is 23.7. The molecular weight excluding hydrogens is 1280 g/mol. The maximum Gasteiger partial charge on any atom is 0.208 e. The van der Waals surface area contributed by atoms with E-state index in [0.29, 0.717) is 79.5 Å². The van der Waals surface area contributed by atoms with Crippen molar-refractivity contribution >= 4 is 154 Å². The zero-order valence-corrected chi connectivity index (χ0v) is 54.6.